The summed E-state index contributed by atoms with van der Waals surface area (Å²) in [5, 5.41) is 0.812. The second-order valence-corrected chi connectivity index (χ2v) is 5.24. The van der Waals surface area contributed by atoms with Crippen LogP contribution < -0.4 is 4.90 Å². The normalized spacial score (nSPS) is 17.8. The summed E-state index contributed by atoms with van der Waals surface area (Å²) in [6, 6.07) is 8.12. The molecular formula is C13H16BrF3N2. The van der Waals surface area contributed by atoms with Gasteiger partial charge in [-0.05, 0) is 17.7 Å². The van der Waals surface area contributed by atoms with Gasteiger partial charge in [-0.2, -0.15) is 13.2 Å². The van der Waals surface area contributed by atoms with Crippen molar-refractivity contribution in [2.24, 2.45) is 0 Å². The van der Waals surface area contributed by atoms with Crippen molar-refractivity contribution in [2.45, 2.75) is 11.5 Å². The largest absolute Gasteiger partial charge is 0.401 e. The van der Waals surface area contributed by atoms with Gasteiger partial charge in [0.15, 0.2) is 0 Å². The lowest BCUT2D eigenvalue weighted by atomic mass is 10.2. The number of nitrogens with zero attached hydrogens (tertiary/aromatic N) is 2. The Kier molecular flexibility index (Phi) is 4.73. The molecule has 19 heavy (non-hydrogen) atoms. The quantitative estimate of drug-likeness (QED) is 0.781. The summed E-state index contributed by atoms with van der Waals surface area (Å²) in [5.41, 5.74) is 2.27. The second-order valence-electron chi connectivity index (χ2n) is 4.68. The monoisotopic (exact) mass is 336 g/mol. The van der Waals surface area contributed by atoms with E-state index in [1.807, 2.05) is 24.3 Å². The van der Waals surface area contributed by atoms with Crippen molar-refractivity contribution in [1.82, 2.24) is 4.90 Å². The molecule has 0 radical (unpaired) electrons. The Hall–Kier alpha value is -0.750. The summed E-state index contributed by atoms with van der Waals surface area (Å²) in [6.45, 7) is 1.40. The van der Waals surface area contributed by atoms with Crippen LogP contribution in [0.25, 0.3) is 0 Å². The topological polar surface area (TPSA) is 6.48 Å². The van der Waals surface area contributed by atoms with Crippen molar-refractivity contribution in [2.75, 3.05) is 37.6 Å². The first-order valence-corrected chi connectivity index (χ1v) is 7.29. The van der Waals surface area contributed by atoms with Crippen LogP contribution >= 0.6 is 15.9 Å². The van der Waals surface area contributed by atoms with Gasteiger partial charge in [0.25, 0.3) is 0 Å². The molecule has 0 amide bonds. The SMILES string of the molecule is FC(F)(F)CN1CCN(c2ccc(CBr)cc2)CC1. The number of alkyl halides is 4. The van der Waals surface area contributed by atoms with Crippen molar-refractivity contribution in [3.05, 3.63) is 29.8 Å². The Balaban J connectivity index is 1.88. The minimum absolute atomic E-state index is 0.458. The van der Waals surface area contributed by atoms with Gasteiger partial charge in [-0.3, -0.25) is 4.90 Å². The average Bonchev–Trinajstić information content (AvgIpc) is 2.38. The Morgan fingerprint density at radius 2 is 1.58 bits per heavy atom. The Morgan fingerprint density at radius 1 is 1.00 bits per heavy atom. The van der Waals surface area contributed by atoms with Crippen molar-refractivity contribution < 1.29 is 13.2 Å². The molecule has 6 heteroatoms. The lowest BCUT2D eigenvalue weighted by Crippen LogP contribution is -2.49. The molecule has 0 bridgehead atoms. The summed E-state index contributed by atoms with van der Waals surface area (Å²) in [7, 11) is 0. The number of piperazine rings is 1. The van der Waals surface area contributed by atoms with E-state index < -0.39 is 12.7 Å². The molecule has 1 aromatic rings. The zero-order chi connectivity index (χ0) is 13.9. The van der Waals surface area contributed by atoms with Crippen molar-refractivity contribution >= 4 is 21.6 Å². The molecule has 0 aliphatic carbocycles. The molecule has 106 valence electrons. The third-order valence-electron chi connectivity index (χ3n) is 3.23. The third kappa shape index (κ3) is 4.38. The van der Waals surface area contributed by atoms with Crippen LogP contribution in [0.4, 0.5) is 18.9 Å². The molecule has 0 spiro atoms. The number of hydrogen-bond donors (Lipinski definition) is 0. The summed E-state index contributed by atoms with van der Waals surface area (Å²) < 4.78 is 36.9. The zero-order valence-corrected chi connectivity index (χ0v) is 12.0. The number of rotatable bonds is 3. The third-order valence-corrected chi connectivity index (χ3v) is 3.88. The first-order valence-electron chi connectivity index (χ1n) is 6.17. The minimum Gasteiger partial charge on any atom is -0.369 e. The van der Waals surface area contributed by atoms with Gasteiger partial charge < -0.3 is 4.90 Å². The van der Waals surface area contributed by atoms with Crippen LogP contribution in [0.3, 0.4) is 0 Å². The first kappa shape index (κ1) is 14.7. The van der Waals surface area contributed by atoms with E-state index >= 15 is 0 Å². The maximum atomic E-state index is 12.3. The van der Waals surface area contributed by atoms with Gasteiger partial charge in [-0.15, -0.1) is 0 Å². The highest BCUT2D eigenvalue weighted by Gasteiger charge is 2.32. The van der Waals surface area contributed by atoms with Crippen LogP contribution in [0, 0.1) is 0 Å². The Bertz CT molecular complexity index is 397. The van der Waals surface area contributed by atoms with E-state index in [9.17, 15) is 13.2 Å². The van der Waals surface area contributed by atoms with Gasteiger partial charge in [0, 0.05) is 37.2 Å². The van der Waals surface area contributed by atoms with Crippen LogP contribution in [0.15, 0.2) is 24.3 Å². The summed E-state index contributed by atoms with van der Waals surface area (Å²) in [6.07, 6.45) is -4.10. The predicted octanol–water partition coefficient (Wildman–Crippen LogP) is 3.27. The highest BCUT2D eigenvalue weighted by Crippen LogP contribution is 2.21. The molecule has 0 aromatic heterocycles. The standard InChI is InChI=1S/C13H16BrF3N2/c14-9-11-1-3-12(4-2-11)19-7-5-18(6-8-19)10-13(15,16)17/h1-4H,5-10H2. The predicted molar refractivity (Wildman–Crippen MR) is 73.8 cm³/mol. The molecule has 1 aliphatic rings. The molecule has 1 aliphatic heterocycles. The highest BCUT2D eigenvalue weighted by molar-refractivity contribution is 9.08. The van der Waals surface area contributed by atoms with Crippen molar-refractivity contribution in [1.29, 1.82) is 0 Å². The molecule has 0 N–H and O–H groups in total. The zero-order valence-electron chi connectivity index (χ0n) is 10.5. The van der Waals surface area contributed by atoms with E-state index in [0.717, 1.165) is 11.0 Å². The summed E-state index contributed by atoms with van der Waals surface area (Å²) in [5.74, 6) is 0. The average molecular weight is 337 g/mol. The highest BCUT2D eigenvalue weighted by atomic mass is 79.9. The molecule has 0 saturated carbocycles. The van der Waals surface area contributed by atoms with Crippen LogP contribution in [0.5, 0.6) is 0 Å². The maximum Gasteiger partial charge on any atom is 0.401 e. The van der Waals surface area contributed by atoms with E-state index in [1.54, 1.807) is 0 Å². The molecule has 0 unspecified atom stereocenters. The maximum absolute atomic E-state index is 12.3. The fourth-order valence-electron chi connectivity index (χ4n) is 2.21. The summed E-state index contributed by atoms with van der Waals surface area (Å²) in [4.78, 5) is 3.59. The van der Waals surface area contributed by atoms with Crippen LogP contribution in [0.2, 0.25) is 0 Å². The van der Waals surface area contributed by atoms with E-state index in [1.165, 1.54) is 10.5 Å². The molecule has 1 fully saturated rings. The van der Waals surface area contributed by atoms with E-state index in [2.05, 4.69) is 20.8 Å². The number of anilines is 1. The van der Waals surface area contributed by atoms with Gasteiger partial charge in [0.05, 0.1) is 6.54 Å². The fraction of sp³-hybridized carbons (Fsp3) is 0.538. The molecule has 2 nitrogen and oxygen atoms in total. The van der Waals surface area contributed by atoms with Gasteiger partial charge >= 0.3 is 6.18 Å². The van der Waals surface area contributed by atoms with Crippen LogP contribution in [-0.2, 0) is 5.33 Å². The van der Waals surface area contributed by atoms with E-state index in [0.29, 0.717) is 26.2 Å². The smallest absolute Gasteiger partial charge is 0.369 e. The van der Waals surface area contributed by atoms with Gasteiger partial charge in [0.2, 0.25) is 0 Å². The first-order chi connectivity index (χ1) is 8.98. The number of halogens is 4. The second kappa shape index (κ2) is 6.13. The van der Waals surface area contributed by atoms with E-state index in [4.69, 9.17) is 0 Å². The minimum atomic E-state index is -4.10. The molecule has 1 aromatic carbocycles. The molecule has 2 rings (SSSR count). The lowest BCUT2D eigenvalue weighted by molar-refractivity contribution is -0.146. The van der Waals surface area contributed by atoms with Crippen LogP contribution in [0.1, 0.15) is 5.56 Å². The summed E-state index contributed by atoms with van der Waals surface area (Å²) >= 11 is 3.39. The van der Waals surface area contributed by atoms with Gasteiger partial charge in [0.1, 0.15) is 0 Å². The lowest BCUT2D eigenvalue weighted by Gasteiger charge is -2.36. The molecule has 1 saturated heterocycles. The number of hydrogen-bond acceptors (Lipinski definition) is 2. The van der Waals surface area contributed by atoms with Gasteiger partial charge in [-0.1, -0.05) is 28.1 Å². The van der Waals surface area contributed by atoms with Crippen LogP contribution in [-0.4, -0.2) is 43.8 Å². The molecule has 0 atom stereocenters. The Labute approximate surface area is 119 Å². The molecule has 1 heterocycles. The molecular weight excluding hydrogens is 321 g/mol. The number of benzene rings is 1. The van der Waals surface area contributed by atoms with Crippen molar-refractivity contribution in [3.63, 3.8) is 0 Å². The fourth-order valence-corrected chi connectivity index (χ4v) is 2.59. The van der Waals surface area contributed by atoms with Gasteiger partial charge in [-0.25, -0.2) is 0 Å². The van der Waals surface area contributed by atoms with E-state index in [-0.39, 0.29) is 0 Å². The van der Waals surface area contributed by atoms with Crippen molar-refractivity contribution in [3.8, 4) is 0 Å². The Morgan fingerprint density at radius 3 is 2.05 bits per heavy atom.